The van der Waals surface area contributed by atoms with E-state index in [-0.39, 0.29) is 0 Å². The van der Waals surface area contributed by atoms with Crippen LogP contribution in [-0.4, -0.2) is 0 Å². The molecule has 0 aliphatic rings. The Morgan fingerprint density at radius 3 is 2.24 bits per heavy atom. The van der Waals surface area contributed by atoms with E-state index >= 15 is 0 Å². The van der Waals surface area contributed by atoms with Gasteiger partial charge in [0.15, 0.2) is 0 Å². The third-order valence-electron chi connectivity index (χ3n) is 3.55. The minimum atomic E-state index is 0.335. The lowest BCUT2D eigenvalue weighted by atomic mass is 10.0. The number of unbranched alkanes of at least 4 members (excludes halogenated alkanes) is 1. The van der Waals surface area contributed by atoms with Crippen LogP contribution in [-0.2, 0) is 0 Å². The Morgan fingerprint density at radius 1 is 1.05 bits per heavy atom. The first-order valence-electron chi connectivity index (χ1n) is 7.39. The molecule has 0 heterocycles. The van der Waals surface area contributed by atoms with Gasteiger partial charge in [-0.25, -0.2) is 0 Å². The van der Waals surface area contributed by atoms with Crippen LogP contribution in [0.1, 0.15) is 43.4 Å². The molecule has 0 aromatic heterocycles. The molecular weight excluding hydrogens is 390 g/mol. The molecule has 2 aromatic carbocycles. The van der Waals surface area contributed by atoms with Crippen molar-refractivity contribution in [2.75, 3.05) is 5.32 Å². The lowest BCUT2D eigenvalue weighted by Crippen LogP contribution is -2.11. The van der Waals surface area contributed by atoms with E-state index in [0.717, 1.165) is 21.1 Å². The predicted octanol–water partition coefficient (Wildman–Crippen LogP) is 6.86. The summed E-state index contributed by atoms with van der Waals surface area (Å²) < 4.78 is 2.21. The summed E-state index contributed by atoms with van der Waals surface area (Å²) in [6.07, 6.45) is 3.56. The highest BCUT2D eigenvalue weighted by Gasteiger charge is 2.14. The summed E-state index contributed by atoms with van der Waals surface area (Å²) in [5, 5.41) is 3.70. The Morgan fingerprint density at radius 2 is 1.67 bits per heavy atom. The molecule has 0 aliphatic heterocycles. The van der Waals surface area contributed by atoms with Crippen LogP contribution in [0.15, 0.2) is 51.4 Å². The number of anilines is 1. The standard InChI is InChI=1S/C18H21Br2N/c1-3-4-10-17(14-8-6-5-7-9-14)21-18-15(19)11-13(2)12-16(18)20/h5-9,11-12,17,21H,3-4,10H2,1-2H3. The van der Waals surface area contributed by atoms with Gasteiger partial charge < -0.3 is 5.32 Å². The minimum Gasteiger partial charge on any atom is -0.376 e. The molecule has 0 radical (unpaired) electrons. The smallest absolute Gasteiger partial charge is 0.0634 e. The van der Waals surface area contributed by atoms with Crippen LogP contribution in [0.5, 0.6) is 0 Å². The third kappa shape index (κ3) is 4.58. The van der Waals surface area contributed by atoms with E-state index in [2.05, 4.69) is 93.5 Å². The quantitative estimate of drug-likeness (QED) is 0.548. The first-order valence-corrected chi connectivity index (χ1v) is 8.97. The van der Waals surface area contributed by atoms with Gasteiger partial charge in [-0.05, 0) is 68.5 Å². The Kier molecular flexibility index (Phi) is 6.31. The van der Waals surface area contributed by atoms with Crippen LogP contribution in [0.3, 0.4) is 0 Å². The summed E-state index contributed by atoms with van der Waals surface area (Å²) in [7, 11) is 0. The Balaban J connectivity index is 2.27. The first-order chi connectivity index (χ1) is 10.1. The van der Waals surface area contributed by atoms with E-state index in [1.165, 1.54) is 24.0 Å². The monoisotopic (exact) mass is 409 g/mol. The number of hydrogen-bond acceptors (Lipinski definition) is 1. The second-order valence-corrected chi connectivity index (χ2v) is 7.06. The fourth-order valence-corrected chi connectivity index (χ4v) is 4.07. The van der Waals surface area contributed by atoms with E-state index in [1.54, 1.807) is 0 Å². The molecule has 0 fully saturated rings. The SMILES string of the molecule is CCCCC(Nc1c(Br)cc(C)cc1Br)c1ccccc1. The summed E-state index contributed by atoms with van der Waals surface area (Å²) in [5.74, 6) is 0. The number of nitrogens with one attached hydrogen (secondary N) is 1. The van der Waals surface area contributed by atoms with Crippen molar-refractivity contribution in [2.24, 2.45) is 0 Å². The Bertz CT molecular complexity index is 558. The zero-order valence-corrected chi connectivity index (χ0v) is 15.7. The van der Waals surface area contributed by atoms with Crippen molar-refractivity contribution in [1.82, 2.24) is 0 Å². The topological polar surface area (TPSA) is 12.0 Å². The van der Waals surface area contributed by atoms with E-state index in [4.69, 9.17) is 0 Å². The van der Waals surface area contributed by atoms with Gasteiger partial charge in [0.1, 0.15) is 0 Å². The van der Waals surface area contributed by atoms with Crippen LogP contribution in [0.4, 0.5) is 5.69 Å². The van der Waals surface area contributed by atoms with Gasteiger partial charge in [-0.15, -0.1) is 0 Å². The van der Waals surface area contributed by atoms with Crippen LogP contribution in [0.2, 0.25) is 0 Å². The van der Waals surface area contributed by atoms with Gasteiger partial charge in [-0.3, -0.25) is 0 Å². The normalized spacial score (nSPS) is 12.2. The molecule has 21 heavy (non-hydrogen) atoms. The van der Waals surface area contributed by atoms with Crippen molar-refractivity contribution >= 4 is 37.5 Å². The Labute approximate surface area is 144 Å². The lowest BCUT2D eigenvalue weighted by Gasteiger charge is -2.22. The minimum absolute atomic E-state index is 0.335. The zero-order chi connectivity index (χ0) is 15.2. The highest BCUT2D eigenvalue weighted by molar-refractivity contribution is 9.11. The average Bonchev–Trinajstić information content (AvgIpc) is 2.46. The molecule has 1 nitrogen and oxygen atoms in total. The summed E-state index contributed by atoms with van der Waals surface area (Å²) in [6, 6.07) is 15.3. The summed E-state index contributed by atoms with van der Waals surface area (Å²) in [5.41, 5.74) is 3.71. The van der Waals surface area contributed by atoms with Gasteiger partial charge in [0.2, 0.25) is 0 Å². The highest BCUT2D eigenvalue weighted by Crippen LogP contribution is 2.36. The van der Waals surface area contributed by atoms with Gasteiger partial charge in [0, 0.05) is 8.95 Å². The van der Waals surface area contributed by atoms with Crippen LogP contribution in [0.25, 0.3) is 0 Å². The molecule has 2 rings (SSSR count). The second kappa shape index (κ2) is 8.00. The molecule has 0 amide bonds. The predicted molar refractivity (Wildman–Crippen MR) is 98.9 cm³/mol. The second-order valence-electron chi connectivity index (χ2n) is 5.35. The summed E-state index contributed by atoms with van der Waals surface area (Å²) >= 11 is 7.35. The fraction of sp³-hybridized carbons (Fsp3) is 0.333. The number of hydrogen-bond donors (Lipinski definition) is 1. The molecule has 1 N–H and O–H groups in total. The van der Waals surface area contributed by atoms with E-state index in [9.17, 15) is 0 Å². The molecule has 0 aliphatic carbocycles. The van der Waals surface area contributed by atoms with Crippen LogP contribution in [0, 0.1) is 6.92 Å². The van der Waals surface area contributed by atoms with Gasteiger partial charge in [0.05, 0.1) is 11.7 Å². The fourth-order valence-electron chi connectivity index (χ4n) is 2.43. The Hall–Kier alpha value is -0.800. The molecule has 1 unspecified atom stereocenters. The third-order valence-corrected chi connectivity index (χ3v) is 4.80. The van der Waals surface area contributed by atoms with E-state index in [0.29, 0.717) is 6.04 Å². The van der Waals surface area contributed by atoms with E-state index in [1.807, 2.05) is 0 Å². The molecule has 0 saturated heterocycles. The van der Waals surface area contributed by atoms with Crippen molar-refractivity contribution in [3.63, 3.8) is 0 Å². The number of aryl methyl sites for hydroxylation is 1. The zero-order valence-electron chi connectivity index (χ0n) is 12.5. The first kappa shape index (κ1) is 16.6. The maximum absolute atomic E-state index is 3.70. The molecular formula is C18H21Br2N. The molecule has 0 bridgehead atoms. The summed E-state index contributed by atoms with van der Waals surface area (Å²) in [4.78, 5) is 0. The van der Waals surface area contributed by atoms with Crippen molar-refractivity contribution in [3.05, 3.63) is 62.5 Å². The summed E-state index contributed by atoms with van der Waals surface area (Å²) in [6.45, 7) is 4.34. The maximum atomic E-state index is 3.70. The molecule has 2 aromatic rings. The van der Waals surface area contributed by atoms with Gasteiger partial charge in [-0.2, -0.15) is 0 Å². The molecule has 1 atom stereocenters. The van der Waals surface area contributed by atoms with Crippen molar-refractivity contribution < 1.29 is 0 Å². The average molecular weight is 411 g/mol. The van der Waals surface area contributed by atoms with E-state index < -0.39 is 0 Å². The number of benzene rings is 2. The maximum Gasteiger partial charge on any atom is 0.0634 e. The molecule has 3 heteroatoms. The van der Waals surface area contributed by atoms with Gasteiger partial charge in [-0.1, -0.05) is 50.1 Å². The van der Waals surface area contributed by atoms with Crippen molar-refractivity contribution in [3.8, 4) is 0 Å². The molecule has 0 spiro atoms. The van der Waals surface area contributed by atoms with Crippen molar-refractivity contribution in [2.45, 2.75) is 39.2 Å². The van der Waals surface area contributed by atoms with Gasteiger partial charge >= 0.3 is 0 Å². The number of rotatable bonds is 6. The molecule has 0 saturated carbocycles. The lowest BCUT2D eigenvalue weighted by molar-refractivity contribution is 0.634. The van der Waals surface area contributed by atoms with Crippen LogP contribution >= 0.6 is 31.9 Å². The van der Waals surface area contributed by atoms with Crippen LogP contribution < -0.4 is 5.32 Å². The van der Waals surface area contributed by atoms with Crippen molar-refractivity contribution in [1.29, 1.82) is 0 Å². The number of halogens is 2. The van der Waals surface area contributed by atoms with Gasteiger partial charge in [0.25, 0.3) is 0 Å². The largest absolute Gasteiger partial charge is 0.376 e. The molecule has 112 valence electrons. The highest BCUT2D eigenvalue weighted by atomic mass is 79.9.